The minimum absolute atomic E-state index is 0.0120. The zero-order valence-electron chi connectivity index (χ0n) is 18.7. The van der Waals surface area contributed by atoms with Crippen molar-refractivity contribution in [2.45, 2.75) is 12.6 Å². The van der Waals surface area contributed by atoms with E-state index in [0.717, 1.165) is 0 Å². The van der Waals surface area contributed by atoms with Gasteiger partial charge < -0.3 is 28.6 Å². The second-order valence-electron chi connectivity index (χ2n) is 7.44. The fourth-order valence-corrected chi connectivity index (χ4v) is 4.25. The first-order valence-corrected chi connectivity index (χ1v) is 10.6. The van der Waals surface area contributed by atoms with Gasteiger partial charge >= 0.3 is 0 Å². The van der Waals surface area contributed by atoms with Gasteiger partial charge in [0.2, 0.25) is 0 Å². The highest BCUT2D eigenvalue weighted by atomic mass is 35.5. The smallest absolute Gasteiger partial charge is 0.296 e. The molecule has 1 aromatic heterocycles. The van der Waals surface area contributed by atoms with Crippen molar-refractivity contribution in [3.63, 3.8) is 0 Å². The summed E-state index contributed by atoms with van der Waals surface area (Å²) in [6.07, 6.45) is 1.48. The quantitative estimate of drug-likeness (QED) is 0.298. The summed E-state index contributed by atoms with van der Waals surface area (Å²) in [6.45, 7) is 0.0120. The van der Waals surface area contributed by atoms with Crippen LogP contribution in [0.2, 0.25) is 5.02 Å². The van der Waals surface area contributed by atoms with Crippen molar-refractivity contribution in [1.29, 1.82) is 0 Å². The lowest BCUT2D eigenvalue weighted by atomic mass is 9.94. The van der Waals surface area contributed by atoms with E-state index in [9.17, 15) is 14.7 Å². The molecule has 1 N–H and O–H groups in total. The highest BCUT2D eigenvalue weighted by Crippen LogP contribution is 2.45. The van der Waals surface area contributed by atoms with Crippen LogP contribution in [-0.2, 0) is 16.1 Å². The number of hydrogen-bond donors (Lipinski definition) is 1. The molecule has 4 rings (SSSR count). The van der Waals surface area contributed by atoms with Crippen molar-refractivity contribution in [2.24, 2.45) is 0 Å². The van der Waals surface area contributed by atoms with Gasteiger partial charge in [0, 0.05) is 11.6 Å². The maximum absolute atomic E-state index is 13.3. The predicted molar refractivity (Wildman–Crippen MR) is 124 cm³/mol. The van der Waals surface area contributed by atoms with E-state index in [1.807, 2.05) is 0 Å². The Morgan fingerprint density at radius 3 is 2.35 bits per heavy atom. The lowest BCUT2D eigenvalue weighted by Crippen LogP contribution is -2.29. The highest BCUT2D eigenvalue weighted by molar-refractivity contribution is 6.46. The van der Waals surface area contributed by atoms with E-state index in [1.54, 1.807) is 36.4 Å². The van der Waals surface area contributed by atoms with Gasteiger partial charge in [0.25, 0.3) is 11.7 Å². The van der Waals surface area contributed by atoms with Crippen LogP contribution >= 0.6 is 11.6 Å². The Balaban J connectivity index is 1.96. The third kappa shape index (κ3) is 3.97. The van der Waals surface area contributed by atoms with Crippen molar-refractivity contribution in [1.82, 2.24) is 4.90 Å². The average molecular weight is 484 g/mol. The number of rotatable bonds is 7. The van der Waals surface area contributed by atoms with Gasteiger partial charge in [-0.2, -0.15) is 0 Å². The number of aliphatic hydroxyl groups excluding tert-OH is 1. The Kier molecular flexibility index (Phi) is 6.51. The second-order valence-corrected chi connectivity index (χ2v) is 7.84. The zero-order chi connectivity index (χ0) is 24.4. The van der Waals surface area contributed by atoms with Crippen LogP contribution in [0.15, 0.2) is 64.8 Å². The first-order chi connectivity index (χ1) is 16.4. The summed E-state index contributed by atoms with van der Waals surface area (Å²) in [4.78, 5) is 27.8. The molecule has 176 valence electrons. The molecule has 2 aromatic carbocycles. The molecule has 0 spiro atoms. The maximum atomic E-state index is 13.3. The van der Waals surface area contributed by atoms with E-state index in [4.69, 9.17) is 30.2 Å². The predicted octanol–water partition coefficient (Wildman–Crippen LogP) is 4.58. The van der Waals surface area contributed by atoms with Crippen LogP contribution in [-0.4, -0.2) is 43.0 Å². The number of ketones is 1. The number of nitrogens with zero attached hydrogens (tertiary/aromatic N) is 1. The van der Waals surface area contributed by atoms with Crippen LogP contribution in [0.3, 0.4) is 0 Å². The topological polar surface area (TPSA) is 98.4 Å². The van der Waals surface area contributed by atoms with Gasteiger partial charge in [-0.15, -0.1) is 0 Å². The van der Waals surface area contributed by atoms with Crippen LogP contribution in [0.1, 0.15) is 22.9 Å². The monoisotopic (exact) mass is 483 g/mol. The number of likely N-dealkylation sites (tertiary alicyclic amines) is 1. The Bertz CT molecular complexity index is 1270. The average Bonchev–Trinajstić information content (AvgIpc) is 3.45. The van der Waals surface area contributed by atoms with Crippen molar-refractivity contribution in [3.05, 3.63) is 82.3 Å². The van der Waals surface area contributed by atoms with Gasteiger partial charge in [-0.05, 0) is 24.3 Å². The van der Waals surface area contributed by atoms with Gasteiger partial charge in [0.15, 0.2) is 0 Å². The molecule has 0 bridgehead atoms. The second kappa shape index (κ2) is 9.52. The van der Waals surface area contributed by atoms with Crippen molar-refractivity contribution in [2.75, 3.05) is 21.3 Å². The molecule has 1 atom stereocenters. The third-order valence-corrected chi connectivity index (χ3v) is 5.90. The lowest BCUT2D eigenvalue weighted by molar-refractivity contribution is -0.140. The number of carbonyl (C=O) groups excluding carboxylic acids is 2. The van der Waals surface area contributed by atoms with E-state index in [-0.39, 0.29) is 34.2 Å². The molecule has 1 saturated heterocycles. The molecule has 34 heavy (non-hydrogen) atoms. The lowest BCUT2D eigenvalue weighted by Gasteiger charge is -2.26. The Morgan fingerprint density at radius 1 is 1.00 bits per heavy atom. The highest BCUT2D eigenvalue weighted by Gasteiger charge is 2.47. The van der Waals surface area contributed by atoms with E-state index in [0.29, 0.717) is 17.1 Å². The van der Waals surface area contributed by atoms with Gasteiger partial charge in [-0.3, -0.25) is 9.59 Å². The first kappa shape index (κ1) is 23.3. The minimum atomic E-state index is -0.951. The molecule has 1 aliphatic rings. The SMILES string of the molecule is COc1cc(/C(O)=C2\C(=O)C(=O)N(Cc3ccco3)C2c2ccccc2OC)c(OC)cc1Cl. The summed E-state index contributed by atoms with van der Waals surface area (Å²) in [5.41, 5.74) is 0.556. The Hall–Kier alpha value is -3.91. The number of furan rings is 1. The largest absolute Gasteiger partial charge is 0.507 e. The van der Waals surface area contributed by atoms with Gasteiger partial charge in [0.05, 0.1) is 56.3 Å². The van der Waals surface area contributed by atoms with Gasteiger partial charge in [-0.25, -0.2) is 0 Å². The van der Waals surface area contributed by atoms with Crippen LogP contribution in [0.25, 0.3) is 5.76 Å². The molecule has 0 saturated carbocycles. The Morgan fingerprint density at radius 2 is 1.71 bits per heavy atom. The summed E-state index contributed by atoms with van der Waals surface area (Å²) < 4.78 is 21.6. The molecule has 1 unspecified atom stereocenters. The van der Waals surface area contributed by atoms with Gasteiger partial charge in [0.1, 0.15) is 28.8 Å². The van der Waals surface area contributed by atoms with E-state index < -0.39 is 23.5 Å². The molecule has 0 aliphatic carbocycles. The fourth-order valence-electron chi connectivity index (χ4n) is 4.02. The molecule has 3 aromatic rings. The number of methoxy groups -OCH3 is 3. The van der Waals surface area contributed by atoms with E-state index >= 15 is 0 Å². The molecular weight excluding hydrogens is 462 g/mol. The van der Waals surface area contributed by atoms with Crippen LogP contribution in [0, 0.1) is 0 Å². The van der Waals surface area contributed by atoms with Crippen LogP contribution in [0.5, 0.6) is 17.2 Å². The number of halogens is 1. The summed E-state index contributed by atoms with van der Waals surface area (Å²) in [5, 5.41) is 11.7. The summed E-state index contributed by atoms with van der Waals surface area (Å²) >= 11 is 6.20. The standard InChI is InChI=1S/C25H22ClNO7/c1-31-18-9-5-4-8-15(18)22-21(24(29)25(30)27(22)13-14-7-6-10-34-14)23(28)16-11-20(33-3)17(26)12-19(16)32-2/h4-12,22,28H,13H2,1-3H3/b23-21+. The van der Waals surface area contributed by atoms with Crippen LogP contribution in [0.4, 0.5) is 0 Å². The van der Waals surface area contributed by atoms with Crippen molar-refractivity contribution >= 4 is 29.1 Å². The first-order valence-electron chi connectivity index (χ1n) is 10.3. The number of amides is 1. The molecule has 1 amide bonds. The molecule has 9 heteroatoms. The molecule has 0 radical (unpaired) electrons. The normalized spacial score (nSPS) is 17.2. The number of hydrogen-bond acceptors (Lipinski definition) is 7. The molecule has 8 nitrogen and oxygen atoms in total. The maximum Gasteiger partial charge on any atom is 0.296 e. The molecular formula is C25H22ClNO7. The summed E-state index contributed by atoms with van der Waals surface area (Å²) in [5.74, 6) is -0.660. The number of benzene rings is 2. The number of aliphatic hydroxyl groups is 1. The number of para-hydroxylation sites is 1. The Labute approximate surface area is 200 Å². The molecule has 2 heterocycles. The number of carbonyl (C=O) groups is 2. The van der Waals surface area contributed by atoms with Crippen LogP contribution < -0.4 is 14.2 Å². The van der Waals surface area contributed by atoms with Crippen molar-refractivity contribution < 1.29 is 33.3 Å². The fraction of sp³-hybridized carbons (Fsp3) is 0.200. The summed E-state index contributed by atoms with van der Waals surface area (Å²) in [6, 6.07) is 12.3. The number of Topliss-reactive ketones (excluding diaryl/α,β-unsaturated/α-hetero) is 1. The summed E-state index contributed by atoms with van der Waals surface area (Å²) in [7, 11) is 4.32. The van der Waals surface area contributed by atoms with E-state index in [1.165, 1.54) is 44.6 Å². The van der Waals surface area contributed by atoms with Crippen molar-refractivity contribution in [3.8, 4) is 17.2 Å². The number of ether oxygens (including phenoxy) is 3. The minimum Gasteiger partial charge on any atom is -0.507 e. The van der Waals surface area contributed by atoms with Gasteiger partial charge in [-0.1, -0.05) is 29.8 Å². The zero-order valence-corrected chi connectivity index (χ0v) is 19.5. The molecule has 1 fully saturated rings. The van der Waals surface area contributed by atoms with E-state index in [2.05, 4.69) is 0 Å². The third-order valence-electron chi connectivity index (χ3n) is 5.61. The molecule has 1 aliphatic heterocycles.